The molecular weight excluding hydrogens is 348 g/mol. The number of fused-ring (bicyclic) bond motifs is 1. The molecule has 0 radical (unpaired) electrons. The molecule has 7 heteroatoms. The summed E-state index contributed by atoms with van der Waals surface area (Å²) >= 11 is 0. The summed E-state index contributed by atoms with van der Waals surface area (Å²) in [7, 11) is 1.34. The van der Waals surface area contributed by atoms with E-state index in [1.165, 1.54) is 7.11 Å². The summed E-state index contributed by atoms with van der Waals surface area (Å²) in [5, 5.41) is 0. The van der Waals surface area contributed by atoms with Crippen molar-refractivity contribution in [1.82, 2.24) is 4.90 Å². The first kappa shape index (κ1) is 17.3. The van der Waals surface area contributed by atoms with Crippen molar-refractivity contribution in [2.24, 2.45) is 5.92 Å². The van der Waals surface area contributed by atoms with Gasteiger partial charge in [0, 0.05) is 25.2 Å². The summed E-state index contributed by atoms with van der Waals surface area (Å²) in [4.78, 5) is 40.4. The third kappa shape index (κ3) is 3.20. The number of anilines is 1. The van der Waals surface area contributed by atoms with E-state index in [1.807, 2.05) is 6.07 Å². The molecule has 1 aromatic carbocycles. The molecule has 1 fully saturated rings. The van der Waals surface area contributed by atoms with E-state index in [2.05, 4.69) is 0 Å². The molecule has 1 unspecified atom stereocenters. The van der Waals surface area contributed by atoms with Crippen LogP contribution in [0, 0.1) is 5.92 Å². The van der Waals surface area contributed by atoms with Gasteiger partial charge in [-0.3, -0.25) is 9.59 Å². The fourth-order valence-corrected chi connectivity index (χ4v) is 3.78. The Labute approximate surface area is 156 Å². The summed E-state index contributed by atoms with van der Waals surface area (Å²) in [6.45, 7) is 1.33. The molecule has 2 aliphatic rings. The minimum atomic E-state index is -0.391. The number of rotatable bonds is 4. The number of esters is 1. The monoisotopic (exact) mass is 368 g/mol. The molecule has 0 saturated carbocycles. The van der Waals surface area contributed by atoms with Crippen LogP contribution in [0.3, 0.4) is 0 Å². The normalized spacial score (nSPS) is 18.7. The Morgan fingerprint density at radius 1 is 1.30 bits per heavy atom. The number of nitrogens with zero attached hydrogens (tertiary/aromatic N) is 2. The molecule has 3 heterocycles. The van der Waals surface area contributed by atoms with Crippen LogP contribution in [-0.4, -0.2) is 42.9 Å². The molecule has 1 atom stereocenters. The van der Waals surface area contributed by atoms with Gasteiger partial charge in [0.2, 0.25) is 11.8 Å². The van der Waals surface area contributed by atoms with Crippen LogP contribution in [0.2, 0.25) is 0 Å². The Balaban J connectivity index is 1.47. The standard InChI is InChI=1S/C20H20N2O5/c1-26-20(25)14-4-5-17-13(9-14)6-7-22(17)19(24)15-10-18(23)21(11-15)12-16-3-2-8-27-16/h2-5,8-9,15H,6-7,10-12H2,1H3. The number of hydrogen-bond donors (Lipinski definition) is 0. The number of ether oxygens (including phenoxy) is 1. The quantitative estimate of drug-likeness (QED) is 0.771. The van der Waals surface area contributed by atoms with E-state index in [0.29, 0.717) is 37.4 Å². The van der Waals surface area contributed by atoms with E-state index >= 15 is 0 Å². The van der Waals surface area contributed by atoms with Gasteiger partial charge in [-0.1, -0.05) is 0 Å². The van der Waals surface area contributed by atoms with Crippen molar-refractivity contribution < 1.29 is 23.5 Å². The molecule has 0 spiro atoms. The second-order valence-electron chi connectivity index (χ2n) is 6.83. The minimum Gasteiger partial charge on any atom is -0.467 e. The lowest BCUT2D eigenvalue weighted by Crippen LogP contribution is -2.36. The number of likely N-dealkylation sites (tertiary alicyclic amines) is 1. The molecule has 2 aliphatic heterocycles. The molecule has 4 rings (SSSR count). The molecular formula is C20H20N2O5. The van der Waals surface area contributed by atoms with E-state index in [4.69, 9.17) is 9.15 Å². The van der Waals surface area contributed by atoms with Gasteiger partial charge >= 0.3 is 5.97 Å². The van der Waals surface area contributed by atoms with Gasteiger partial charge in [-0.25, -0.2) is 4.79 Å². The molecule has 27 heavy (non-hydrogen) atoms. The second kappa shape index (κ2) is 6.90. The molecule has 2 aromatic rings. The summed E-state index contributed by atoms with van der Waals surface area (Å²) in [5.74, 6) is -0.130. The van der Waals surface area contributed by atoms with Crippen LogP contribution in [0.5, 0.6) is 0 Å². The van der Waals surface area contributed by atoms with Gasteiger partial charge in [0.25, 0.3) is 0 Å². The smallest absolute Gasteiger partial charge is 0.337 e. The first-order chi connectivity index (χ1) is 13.1. The maximum absolute atomic E-state index is 13.0. The lowest BCUT2D eigenvalue weighted by Gasteiger charge is -2.21. The first-order valence-electron chi connectivity index (χ1n) is 8.89. The van der Waals surface area contributed by atoms with Crippen molar-refractivity contribution in [1.29, 1.82) is 0 Å². The van der Waals surface area contributed by atoms with Crippen LogP contribution in [-0.2, 0) is 27.3 Å². The maximum atomic E-state index is 13.0. The van der Waals surface area contributed by atoms with Crippen LogP contribution >= 0.6 is 0 Å². The fourth-order valence-electron chi connectivity index (χ4n) is 3.78. The molecule has 0 N–H and O–H groups in total. The Bertz CT molecular complexity index is 890. The van der Waals surface area contributed by atoms with Gasteiger partial charge < -0.3 is 19.0 Å². The average molecular weight is 368 g/mol. The zero-order chi connectivity index (χ0) is 19.0. The second-order valence-corrected chi connectivity index (χ2v) is 6.83. The molecule has 0 aliphatic carbocycles. The number of carbonyl (C=O) groups excluding carboxylic acids is 3. The maximum Gasteiger partial charge on any atom is 0.337 e. The van der Waals surface area contributed by atoms with Gasteiger partial charge in [0.15, 0.2) is 0 Å². The lowest BCUT2D eigenvalue weighted by atomic mass is 10.1. The highest BCUT2D eigenvalue weighted by Crippen LogP contribution is 2.32. The number of carbonyl (C=O) groups is 3. The van der Waals surface area contributed by atoms with Gasteiger partial charge in [-0.05, 0) is 42.3 Å². The number of furan rings is 1. The van der Waals surface area contributed by atoms with Crippen molar-refractivity contribution >= 4 is 23.5 Å². The lowest BCUT2D eigenvalue weighted by molar-refractivity contribution is -0.129. The highest BCUT2D eigenvalue weighted by molar-refractivity contribution is 6.01. The van der Waals surface area contributed by atoms with E-state index in [9.17, 15) is 14.4 Å². The third-order valence-electron chi connectivity index (χ3n) is 5.15. The van der Waals surface area contributed by atoms with Crippen molar-refractivity contribution in [2.45, 2.75) is 19.4 Å². The SMILES string of the molecule is COC(=O)c1ccc2c(c1)CCN2C(=O)C1CC(=O)N(Cc2ccco2)C1. The third-order valence-corrected chi connectivity index (χ3v) is 5.15. The largest absolute Gasteiger partial charge is 0.467 e. The van der Waals surface area contributed by atoms with Gasteiger partial charge in [-0.15, -0.1) is 0 Å². The van der Waals surface area contributed by atoms with E-state index < -0.39 is 5.97 Å². The molecule has 1 saturated heterocycles. The summed E-state index contributed by atoms with van der Waals surface area (Å²) in [6, 6.07) is 8.82. The van der Waals surface area contributed by atoms with E-state index in [-0.39, 0.29) is 24.2 Å². The summed E-state index contributed by atoms with van der Waals surface area (Å²) in [5.41, 5.74) is 2.24. The first-order valence-corrected chi connectivity index (χ1v) is 8.89. The van der Waals surface area contributed by atoms with Crippen LogP contribution in [0.15, 0.2) is 41.0 Å². The van der Waals surface area contributed by atoms with Crippen molar-refractivity contribution in [2.75, 3.05) is 25.1 Å². The number of hydrogen-bond acceptors (Lipinski definition) is 5. The fraction of sp³-hybridized carbons (Fsp3) is 0.350. The van der Waals surface area contributed by atoms with E-state index in [1.54, 1.807) is 40.3 Å². The summed E-state index contributed by atoms with van der Waals surface area (Å²) in [6.07, 6.45) is 2.47. The molecule has 1 aromatic heterocycles. The Hall–Kier alpha value is -3.09. The Morgan fingerprint density at radius 3 is 2.89 bits per heavy atom. The van der Waals surface area contributed by atoms with Crippen molar-refractivity contribution in [3.05, 3.63) is 53.5 Å². The zero-order valence-electron chi connectivity index (χ0n) is 15.0. The molecule has 0 bridgehead atoms. The topological polar surface area (TPSA) is 80.1 Å². The highest BCUT2D eigenvalue weighted by Gasteiger charge is 2.38. The van der Waals surface area contributed by atoms with Crippen LogP contribution in [0.25, 0.3) is 0 Å². The predicted molar refractivity (Wildman–Crippen MR) is 96.1 cm³/mol. The minimum absolute atomic E-state index is 0.0368. The molecule has 140 valence electrons. The number of methoxy groups -OCH3 is 1. The molecule has 7 nitrogen and oxygen atoms in total. The molecule has 2 amide bonds. The van der Waals surface area contributed by atoms with Gasteiger partial charge in [-0.2, -0.15) is 0 Å². The summed E-state index contributed by atoms with van der Waals surface area (Å²) < 4.78 is 10.0. The zero-order valence-corrected chi connectivity index (χ0v) is 15.0. The van der Waals surface area contributed by atoms with Crippen LogP contribution in [0.1, 0.15) is 28.1 Å². The van der Waals surface area contributed by atoms with Crippen LogP contribution < -0.4 is 4.90 Å². The van der Waals surface area contributed by atoms with Crippen LogP contribution in [0.4, 0.5) is 5.69 Å². The Kier molecular flexibility index (Phi) is 4.43. The number of amides is 2. The van der Waals surface area contributed by atoms with Gasteiger partial charge in [0.1, 0.15) is 5.76 Å². The average Bonchev–Trinajstić information content (AvgIpc) is 3.41. The Morgan fingerprint density at radius 2 is 2.15 bits per heavy atom. The van der Waals surface area contributed by atoms with E-state index in [0.717, 1.165) is 11.3 Å². The predicted octanol–water partition coefficient (Wildman–Crippen LogP) is 2.00. The number of benzene rings is 1. The van der Waals surface area contributed by atoms with Gasteiger partial charge in [0.05, 0.1) is 31.4 Å². The van der Waals surface area contributed by atoms with Crippen molar-refractivity contribution in [3.63, 3.8) is 0 Å². The van der Waals surface area contributed by atoms with Crippen molar-refractivity contribution in [3.8, 4) is 0 Å². The highest BCUT2D eigenvalue weighted by atomic mass is 16.5.